The normalized spacial score (nSPS) is 27.3. The molecule has 2 aromatic rings. The molecule has 0 spiro atoms. The van der Waals surface area contributed by atoms with Gasteiger partial charge in [-0.25, -0.2) is 0 Å². The monoisotopic (exact) mass is 273 g/mol. The molecule has 2 saturated heterocycles. The molecule has 2 unspecified atom stereocenters. The lowest BCUT2D eigenvalue weighted by atomic mass is 9.94. The Hall–Kier alpha value is -1.76. The van der Waals surface area contributed by atoms with E-state index >= 15 is 0 Å². The van der Waals surface area contributed by atoms with E-state index in [1.54, 1.807) is 0 Å². The average Bonchev–Trinajstić information content (AvgIpc) is 3.18. The standard InChI is InChI=1S/C13H19N7/c1-2-9-19(11(5-1)10-4-3-8-14-10)13-7-6-12-15-17-18-20(12)16-13/h6-7,10-11,14H,1-5,8-9H2. The van der Waals surface area contributed by atoms with Crippen molar-refractivity contribution in [3.63, 3.8) is 0 Å². The first kappa shape index (κ1) is 12.0. The summed E-state index contributed by atoms with van der Waals surface area (Å²) in [5.74, 6) is 0.989. The van der Waals surface area contributed by atoms with Gasteiger partial charge < -0.3 is 10.2 Å². The molecule has 0 aliphatic carbocycles. The summed E-state index contributed by atoms with van der Waals surface area (Å²) < 4.78 is 1.52. The first-order valence-corrected chi connectivity index (χ1v) is 7.47. The zero-order valence-electron chi connectivity index (χ0n) is 11.4. The van der Waals surface area contributed by atoms with E-state index in [2.05, 4.69) is 30.8 Å². The third-order valence-electron chi connectivity index (χ3n) is 4.46. The molecule has 7 heteroatoms. The van der Waals surface area contributed by atoms with Crippen LogP contribution in [0, 0.1) is 0 Å². The molecule has 0 radical (unpaired) electrons. The molecule has 0 saturated carbocycles. The van der Waals surface area contributed by atoms with Crippen molar-refractivity contribution >= 4 is 11.5 Å². The van der Waals surface area contributed by atoms with Crippen molar-refractivity contribution < 1.29 is 0 Å². The van der Waals surface area contributed by atoms with Crippen molar-refractivity contribution in [1.29, 1.82) is 0 Å². The number of nitrogens with zero attached hydrogens (tertiary/aromatic N) is 6. The van der Waals surface area contributed by atoms with E-state index in [0.717, 1.165) is 18.9 Å². The number of nitrogens with one attached hydrogen (secondary N) is 1. The molecule has 0 amide bonds. The maximum absolute atomic E-state index is 4.56. The number of anilines is 1. The molecule has 4 rings (SSSR count). The number of hydrogen-bond donors (Lipinski definition) is 1. The van der Waals surface area contributed by atoms with Crippen LogP contribution in [0.25, 0.3) is 5.65 Å². The number of piperidine rings is 1. The average molecular weight is 273 g/mol. The predicted molar refractivity (Wildman–Crippen MR) is 74.6 cm³/mol. The fraction of sp³-hybridized carbons (Fsp3) is 0.692. The van der Waals surface area contributed by atoms with E-state index in [1.165, 1.54) is 36.7 Å². The zero-order chi connectivity index (χ0) is 13.4. The van der Waals surface area contributed by atoms with Crippen LogP contribution in [0.5, 0.6) is 0 Å². The topological polar surface area (TPSA) is 71.2 Å². The second kappa shape index (κ2) is 4.97. The van der Waals surface area contributed by atoms with Crippen molar-refractivity contribution in [2.45, 2.75) is 44.2 Å². The molecule has 2 fully saturated rings. The summed E-state index contributed by atoms with van der Waals surface area (Å²) in [7, 11) is 0. The molecular weight excluding hydrogens is 254 g/mol. The summed E-state index contributed by atoms with van der Waals surface area (Å²) in [5.41, 5.74) is 0.696. The van der Waals surface area contributed by atoms with Crippen molar-refractivity contribution in [3.8, 4) is 0 Å². The Bertz CT molecular complexity index is 589. The van der Waals surface area contributed by atoms with Crippen molar-refractivity contribution in [1.82, 2.24) is 30.6 Å². The number of fused-ring (bicyclic) bond motifs is 1. The Morgan fingerprint density at radius 1 is 1.15 bits per heavy atom. The lowest BCUT2D eigenvalue weighted by molar-refractivity contribution is 0.374. The highest BCUT2D eigenvalue weighted by atomic mass is 15.6. The molecule has 7 nitrogen and oxygen atoms in total. The Balaban J connectivity index is 1.65. The van der Waals surface area contributed by atoms with Gasteiger partial charge in [-0.2, -0.15) is 0 Å². The van der Waals surface area contributed by atoms with Gasteiger partial charge in [0.2, 0.25) is 0 Å². The first-order chi connectivity index (χ1) is 9.92. The molecule has 2 atom stereocenters. The summed E-state index contributed by atoms with van der Waals surface area (Å²) in [5, 5.41) is 19.7. The third-order valence-corrected chi connectivity index (χ3v) is 4.46. The van der Waals surface area contributed by atoms with Gasteiger partial charge in [-0.15, -0.1) is 14.8 Å². The molecular formula is C13H19N7. The Morgan fingerprint density at radius 3 is 3.05 bits per heavy atom. The van der Waals surface area contributed by atoms with Crippen LogP contribution in [0.3, 0.4) is 0 Å². The molecule has 106 valence electrons. The van der Waals surface area contributed by atoms with E-state index < -0.39 is 0 Å². The van der Waals surface area contributed by atoms with Crippen LogP contribution in [0.1, 0.15) is 32.1 Å². The maximum atomic E-state index is 4.56. The van der Waals surface area contributed by atoms with E-state index in [1.807, 2.05) is 12.1 Å². The molecule has 2 aromatic heterocycles. The van der Waals surface area contributed by atoms with Gasteiger partial charge in [-0.1, -0.05) is 0 Å². The van der Waals surface area contributed by atoms with Gasteiger partial charge in [-0.05, 0) is 61.2 Å². The Labute approximate surface area is 117 Å². The Morgan fingerprint density at radius 2 is 2.15 bits per heavy atom. The lowest BCUT2D eigenvalue weighted by Crippen LogP contribution is -2.50. The van der Waals surface area contributed by atoms with Crippen LogP contribution in [-0.2, 0) is 0 Å². The fourth-order valence-corrected chi connectivity index (χ4v) is 3.49. The van der Waals surface area contributed by atoms with Gasteiger partial charge in [0.1, 0.15) is 0 Å². The van der Waals surface area contributed by atoms with Crippen molar-refractivity contribution in [3.05, 3.63) is 12.1 Å². The van der Waals surface area contributed by atoms with Crippen molar-refractivity contribution in [2.75, 3.05) is 18.0 Å². The second-order valence-corrected chi connectivity index (χ2v) is 5.68. The zero-order valence-corrected chi connectivity index (χ0v) is 11.4. The van der Waals surface area contributed by atoms with Crippen LogP contribution in [0.2, 0.25) is 0 Å². The second-order valence-electron chi connectivity index (χ2n) is 5.68. The third kappa shape index (κ3) is 2.02. The van der Waals surface area contributed by atoms with Crippen LogP contribution in [0.4, 0.5) is 5.82 Å². The van der Waals surface area contributed by atoms with Gasteiger partial charge in [0.15, 0.2) is 11.5 Å². The quantitative estimate of drug-likeness (QED) is 0.865. The highest BCUT2D eigenvalue weighted by Gasteiger charge is 2.32. The molecule has 0 aromatic carbocycles. The van der Waals surface area contributed by atoms with Crippen molar-refractivity contribution in [2.24, 2.45) is 0 Å². The van der Waals surface area contributed by atoms with E-state index in [0.29, 0.717) is 17.7 Å². The number of tetrazole rings is 1. The van der Waals surface area contributed by atoms with Gasteiger partial charge in [0.05, 0.1) is 0 Å². The molecule has 2 aliphatic rings. The van der Waals surface area contributed by atoms with Crippen LogP contribution in [0.15, 0.2) is 12.1 Å². The Kier molecular flexibility index (Phi) is 2.99. The minimum atomic E-state index is 0.549. The van der Waals surface area contributed by atoms with E-state index in [4.69, 9.17) is 0 Å². The van der Waals surface area contributed by atoms with Crippen LogP contribution in [-0.4, -0.2) is 50.4 Å². The van der Waals surface area contributed by atoms with Crippen LogP contribution < -0.4 is 10.2 Å². The molecule has 2 aliphatic heterocycles. The number of aromatic nitrogens is 5. The summed E-state index contributed by atoms with van der Waals surface area (Å²) in [6, 6.07) is 5.13. The highest BCUT2D eigenvalue weighted by molar-refractivity contribution is 5.45. The molecule has 1 N–H and O–H groups in total. The van der Waals surface area contributed by atoms with E-state index in [-0.39, 0.29) is 0 Å². The first-order valence-electron chi connectivity index (χ1n) is 7.47. The number of hydrogen-bond acceptors (Lipinski definition) is 6. The maximum Gasteiger partial charge on any atom is 0.200 e. The van der Waals surface area contributed by atoms with Gasteiger partial charge in [0, 0.05) is 18.6 Å². The SMILES string of the molecule is c1cc2nnnn2nc1N1CCCCC1C1CCCN1. The summed E-state index contributed by atoms with van der Waals surface area (Å²) in [6.45, 7) is 2.22. The minimum Gasteiger partial charge on any atom is -0.351 e. The molecule has 4 heterocycles. The van der Waals surface area contributed by atoms with Gasteiger partial charge >= 0.3 is 0 Å². The number of rotatable bonds is 2. The molecule has 20 heavy (non-hydrogen) atoms. The summed E-state index contributed by atoms with van der Waals surface area (Å²) in [6.07, 6.45) is 6.35. The van der Waals surface area contributed by atoms with Crippen LogP contribution >= 0.6 is 0 Å². The smallest absolute Gasteiger partial charge is 0.200 e. The van der Waals surface area contributed by atoms with Gasteiger partial charge in [0.25, 0.3) is 0 Å². The lowest BCUT2D eigenvalue weighted by Gasteiger charge is -2.39. The van der Waals surface area contributed by atoms with Gasteiger partial charge in [-0.3, -0.25) is 0 Å². The fourth-order valence-electron chi connectivity index (χ4n) is 3.49. The molecule has 0 bridgehead atoms. The largest absolute Gasteiger partial charge is 0.351 e. The summed E-state index contributed by atoms with van der Waals surface area (Å²) >= 11 is 0. The van der Waals surface area contributed by atoms with E-state index in [9.17, 15) is 0 Å². The minimum absolute atomic E-state index is 0.549. The highest BCUT2D eigenvalue weighted by Crippen LogP contribution is 2.27. The summed E-state index contributed by atoms with van der Waals surface area (Å²) in [4.78, 5) is 2.44. The predicted octanol–water partition coefficient (Wildman–Crippen LogP) is 0.630.